The summed E-state index contributed by atoms with van der Waals surface area (Å²) in [5, 5.41) is 7.72. The first-order valence-corrected chi connectivity index (χ1v) is 7.46. The Balaban J connectivity index is 1.72. The molecule has 1 amide bonds. The van der Waals surface area contributed by atoms with Gasteiger partial charge in [0, 0.05) is 11.8 Å². The molecule has 2 aromatic heterocycles. The van der Waals surface area contributed by atoms with Gasteiger partial charge in [-0.15, -0.1) is 0 Å². The minimum atomic E-state index is -0.272. The number of aromatic nitrogens is 2. The molecular weight excluding hydrogens is 302 g/mol. The van der Waals surface area contributed by atoms with Crippen molar-refractivity contribution in [1.29, 1.82) is 0 Å². The summed E-state index contributed by atoms with van der Waals surface area (Å²) >= 11 is 0. The third-order valence-corrected chi connectivity index (χ3v) is 3.83. The normalized spacial score (nSPS) is 10.5. The summed E-state index contributed by atoms with van der Waals surface area (Å²) in [6, 6.07) is 19.0. The molecule has 0 saturated heterocycles. The topological polar surface area (TPSA) is 70.9 Å². The maximum Gasteiger partial charge on any atom is 0.261 e. The van der Waals surface area contributed by atoms with E-state index in [2.05, 4.69) is 27.6 Å². The molecule has 5 nitrogen and oxygen atoms in total. The average molecular weight is 315 g/mol. The van der Waals surface area contributed by atoms with Crippen molar-refractivity contribution in [2.75, 3.05) is 5.32 Å². The Kier molecular flexibility index (Phi) is 3.29. The zero-order valence-corrected chi connectivity index (χ0v) is 12.9. The second-order valence-corrected chi connectivity index (χ2v) is 5.38. The molecule has 0 aliphatic rings. The molecule has 0 saturated carbocycles. The van der Waals surface area contributed by atoms with Gasteiger partial charge in [-0.3, -0.25) is 4.79 Å². The highest BCUT2D eigenvalue weighted by molar-refractivity contribution is 6.11. The molecule has 24 heavy (non-hydrogen) atoms. The highest BCUT2D eigenvalue weighted by Gasteiger charge is 2.22. The van der Waals surface area contributed by atoms with Crippen molar-refractivity contribution in [1.82, 2.24) is 10.1 Å². The first-order chi connectivity index (χ1) is 11.7. The molecule has 0 aliphatic carbocycles. The number of aryl methyl sites for hydroxylation is 1. The lowest BCUT2D eigenvalue weighted by Gasteiger charge is -2.04. The van der Waals surface area contributed by atoms with Crippen molar-refractivity contribution >= 4 is 22.5 Å². The van der Waals surface area contributed by atoms with Crippen LogP contribution in [0.4, 0.5) is 5.69 Å². The SMILES string of the molecule is Cc1onc(-c2ccccc2)c1C(=O)Nc1c[nH]c2ccc#cc12. The highest BCUT2D eigenvalue weighted by Crippen LogP contribution is 2.27. The number of rotatable bonds is 3. The first-order valence-electron chi connectivity index (χ1n) is 7.46. The zero-order valence-electron chi connectivity index (χ0n) is 12.9. The Morgan fingerprint density at radius 2 is 2.08 bits per heavy atom. The number of H-pyrrole nitrogens is 1. The number of hydrogen-bond donors (Lipinski definition) is 2. The van der Waals surface area contributed by atoms with Crippen molar-refractivity contribution < 1.29 is 9.32 Å². The van der Waals surface area contributed by atoms with Gasteiger partial charge in [-0.1, -0.05) is 47.6 Å². The summed E-state index contributed by atoms with van der Waals surface area (Å²) in [6.45, 7) is 1.73. The van der Waals surface area contributed by atoms with Gasteiger partial charge in [0.25, 0.3) is 5.91 Å². The Morgan fingerprint density at radius 1 is 1.25 bits per heavy atom. The van der Waals surface area contributed by atoms with E-state index in [1.165, 1.54) is 0 Å². The Bertz CT molecular complexity index is 1020. The Hall–Kier alpha value is -3.52. The van der Waals surface area contributed by atoms with E-state index in [0.717, 1.165) is 16.5 Å². The molecule has 0 atom stereocenters. The van der Waals surface area contributed by atoms with E-state index in [4.69, 9.17) is 4.52 Å². The third kappa shape index (κ3) is 2.31. The fourth-order valence-corrected chi connectivity index (χ4v) is 2.66. The van der Waals surface area contributed by atoms with Crippen molar-refractivity contribution in [2.24, 2.45) is 0 Å². The zero-order chi connectivity index (χ0) is 16.5. The summed E-state index contributed by atoms with van der Waals surface area (Å²) in [6.07, 6.45) is 1.73. The standard InChI is InChI=1S/C19H13N3O2/c1-12-17(18(22-24-12)13-7-3-2-4-8-13)19(23)21-16-11-20-15-10-6-5-9-14(15)16/h2-4,6-8,10-11,20H,1H3,(H,21,23). The number of nitrogens with zero attached hydrogens (tertiary/aromatic N) is 1. The van der Waals surface area contributed by atoms with Crippen LogP contribution >= 0.6 is 0 Å². The number of aromatic amines is 1. The largest absolute Gasteiger partial charge is 0.360 e. The summed E-state index contributed by atoms with van der Waals surface area (Å²) in [4.78, 5) is 15.9. The molecule has 0 spiro atoms. The van der Waals surface area contributed by atoms with Crippen LogP contribution in [0.3, 0.4) is 0 Å². The molecule has 4 rings (SSSR count). The van der Waals surface area contributed by atoms with Crippen LogP contribution in [0.1, 0.15) is 16.1 Å². The van der Waals surface area contributed by atoms with Crippen molar-refractivity contribution in [3.63, 3.8) is 0 Å². The minimum absolute atomic E-state index is 0.272. The van der Waals surface area contributed by atoms with Crippen molar-refractivity contribution in [2.45, 2.75) is 6.92 Å². The predicted octanol–water partition coefficient (Wildman–Crippen LogP) is 3.98. The maximum atomic E-state index is 12.8. The van der Waals surface area contributed by atoms with Crippen LogP contribution in [0.25, 0.3) is 22.2 Å². The predicted molar refractivity (Wildman–Crippen MR) is 90.6 cm³/mol. The highest BCUT2D eigenvalue weighted by atomic mass is 16.5. The molecule has 0 bridgehead atoms. The number of fused-ring (bicyclic) bond motifs is 1. The molecule has 5 heteroatoms. The molecule has 2 heterocycles. The number of hydrogen-bond acceptors (Lipinski definition) is 3. The van der Waals surface area contributed by atoms with Gasteiger partial charge < -0.3 is 14.8 Å². The van der Waals surface area contributed by atoms with Crippen LogP contribution < -0.4 is 5.32 Å². The van der Waals surface area contributed by atoms with Gasteiger partial charge in [-0.05, 0) is 19.1 Å². The molecular formula is C19H13N3O2. The first kappa shape index (κ1) is 14.1. The van der Waals surface area contributed by atoms with E-state index in [1.54, 1.807) is 19.2 Å². The number of carbonyl (C=O) groups excluding carboxylic acids is 1. The maximum absolute atomic E-state index is 12.8. The van der Waals surface area contributed by atoms with Crippen molar-refractivity contribution in [3.8, 4) is 11.3 Å². The molecule has 116 valence electrons. The van der Waals surface area contributed by atoms with E-state index in [-0.39, 0.29) is 5.91 Å². The van der Waals surface area contributed by atoms with Gasteiger partial charge in [0.1, 0.15) is 17.0 Å². The van der Waals surface area contributed by atoms with Crippen LogP contribution in [0.15, 0.2) is 53.2 Å². The third-order valence-electron chi connectivity index (χ3n) is 3.83. The lowest BCUT2D eigenvalue weighted by Crippen LogP contribution is -2.13. The molecule has 0 unspecified atom stereocenters. The van der Waals surface area contributed by atoms with E-state index in [1.807, 2.05) is 36.4 Å². The lowest BCUT2D eigenvalue weighted by molar-refractivity contribution is 0.102. The van der Waals surface area contributed by atoms with Gasteiger partial charge in [0.2, 0.25) is 0 Å². The summed E-state index contributed by atoms with van der Waals surface area (Å²) in [5.41, 5.74) is 3.32. The number of anilines is 1. The summed E-state index contributed by atoms with van der Waals surface area (Å²) in [5.74, 6) is 0.201. The number of nitrogens with one attached hydrogen (secondary N) is 2. The molecule has 0 fully saturated rings. The molecule has 0 aliphatic heterocycles. The van der Waals surface area contributed by atoms with Crippen LogP contribution in [-0.4, -0.2) is 16.0 Å². The van der Waals surface area contributed by atoms with Crippen molar-refractivity contribution in [3.05, 3.63) is 72.1 Å². The summed E-state index contributed by atoms with van der Waals surface area (Å²) < 4.78 is 5.25. The monoisotopic (exact) mass is 315 g/mol. The molecule has 0 radical (unpaired) electrons. The number of amides is 1. The quantitative estimate of drug-likeness (QED) is 0.600. The van der Waals surface area contributed by atoms with Crippen LogP contribution in [0, 0.1) is 19.1 Å². The van der Waals surface area contributed by atoms with E-state index in [9.17, 15) is 4.79 Å². The smallest absolute Gasteiger partial charge is 0.261 e. The fourth-order valence-electron chi connectivity index (χ4n) is 2.66. The van der Waals surface area contributed by atoms with Crippen LogP contribution in [0.5, 0.6) is 0 Å². The second kappa shape index (κ2) is 5.60. The molecule has 2 N–H and O–H groups in total. The van der Waals surface area contributed by atoms with Crippen LogP contribution in [0.2, 0.25) is 0 Å². The van der Waals surface area contributed by atoms with E-state index in [0.29, 0.717) is 22.7 Å². The number of benzene rings is 1. The van der Waals surface area contributed by atoms with Gasteiger partial charge in [0.05, 0.1) is 16.6 Å². The summed E-state index contributed by atoms with van der Waals surface area (Å²) in [7, 11) is 0. The van der Waals surface area contributed by atoms with Gasteiger partial charge in [-0.2, -0.15) is 0 Å². The Morgan fingerprint density at radius 3 is 2.92 bits per heavy atom. The van der Waals surface area contributed by atoms with Crippen LogP contribution in [-0.2, 0) is 0 Å². The average Bonchev–Trinajstić information content (AvgIpc) is 3.20. The van der Waals surface area contributed by atoms with Gasteiger partial charge >= 0.3 is 0 Å². The lowest BCUT2D eigenvalue weighted by atomic mass is 10.1. The van der Waals surface area contributed by atoms with Gasteiger partial charge in [0.15, 0.2) is 0 Å². The minimum Gasteiger partial charge on any atom is -0.360 e. The number of carbonyl (C=O) groups is 1. The van der Waals surface area contributed by atoms with E-state index < -0.39 is 0 Å². The fraction of sp³-hybridized carbons (Fsp3) is 0.0526. The molecule has 4 aromatic rings. The Labute approximate surface area is 138 Å². The van der Waals surface area contributed by atoms with E-state index >= 15 is 0 Å². The molecule has 2 aromatic carbocycles. The second-order valence-electron chi connectivity index (χ2n) is 5.38. The van der Waals surface area contributed by atoms with Gasteiger partial charge in [-0.25, -0.2) is 0 Å².